The molecular formula is C12H16NO2P. The molecule has 2 aliphatic rings. The van der Waals surface area contributed by atoms with Gasteiger partial charge in [0.05, 0.1) is 0 Å². The van der Waals surface area contributed by atoms with E-state index in [-0.39, 0.29) is 0 Å². The van der Waals surface area contributed by atoms with Gasteiger partial charge in [0, 0.05) is 6.04 Å². The predicted molar refractivity (Wildman–Crippen MR) is 64.6 cm³/mol. The van der Waals surface area contributed by atoms with Crippen LogP contribution in [-0.2, 0) is 0 Å². The molecule has 0 radical (unpaired) electrons. The zero-order valence-electron chi connectivity index (χ0n) is 9.19. The second kappa shape index (κ2) is 4.60. The van der Waals surface area contributed by atoms with Crippen molar-refractivity contribution in [3.8, 4) is 11.5 Å². The fraction of sp³-hybridized carbons (Fsp3) is 0.500. The monoisotopic (exact) mass is 237 g/mol. The molecule has 1 aromatic rings. The first-order valence-electron chi connectivity index (χ1n) is 5.93. The van der Waals surface area contributed by atoms with Crippen molar-refractivity contribution in [1.82, 2.24) is 5.09 Å². The van der Waals surface area contributed by atoms with Crippen LogP contribution in [0, 0.1) is 0 Å². The van der Waals surface area contributed by atoms with Gasteiger partial charge < -0.3 is 9.05 Å². The van der Waals surface area contributed by atoms with Gasteiger partial charge in [0.15, 0.2) is 11.5 Å². The van der Waals surface area contributed by atoms with Crippen LogP contribution in [0.2, 0.25) is 0 Å². The summed E-state index contributed by atoms with van der Waals surface area (Å²) < 4.78 is 11.5. The molecule has 86 valence electrons. The highest BCUT2D eigenvalue weighted by Crippen LogP contribution is 2.50. The number of hydrogen-bond donors (Lipinski definition) is 1. The predicted octanol–water partition coefficient (Wildman–Crippen LogP) is 3.61. The average Bonchev–Trinajstić information content (AvgIpc) is 2.72. The Hall–Kier alpha value is -0.790. The second-order valence-electron chi connectivity index (χ2n) is 4.35. The van der Waals surface area contributed by atoms with Crippen LogP contribution in [0.4, 0.5) is 0 Å². The lowest BCUT2D eigenvalue weighted by Crippen LogP contribution is -2.28. The third-order valence-electron chi connectivity index (χ3n) is 3.10. The van der Waals surface area contributed by atoms with Crippen molar-refractivity contribution in [2.24, 2.45) is 0 Å². The highest BCUT2D eigenvalue weighted by molar-refractivity contribution is 7.46. The minimum atomic E-state index is -0.945. The van der Waals surface area contributed by atoms with Crippen LogP contribution in [0.1, 0.15) is 32.1 Å². The fourth-order valence-corrected chi connectivity index (χ4v) is 3.59. The van der Waals surface area contributed by atoms with E-state index in [1.807, 2.05) is 24.3 Å². The van der Waals surface area contributed by atoms with Gasteiger partial charge in [0.2, 0.25) is 0 Å². The molecule has 0 atom stereocenters. The smallest absolute Gasteiger partial charge is 0.382 e. The number of rotatable bonds is 2. The molecule has 16 heavy (non-hydrogen) atoms. The summed E-state index contributed by atoms with van der Waals surface area (Å²) in [6.07, 6.45) is 6.53. The Morgan fingerprint density at radius 3 is 2.25 bits per heavy atom. The Balaban J connectivity index is 1.59. The van der Waals surface area contributed by atoms with Crippen LogP contribution in [0.3, 0.4) is 0 Å². The standard InChI is InChI=1S/C12H16NO2P/c1-2-6-10(7-3-1)13-16-14-11-8-4-5-9-12(11)15-16/h4-5,8-10,13H,1-3,6-7H2. The second-order valence-corrected chi connectivity index (χ2v) is 5.49. The third-order valence-corrected chi connectivity index (χ3v) is 4.41. The van der Waals surface area contributed by atoms with E-state index in [1.165, 1.54) is 32.1 Å². The van der Waals surface area contributed by atoms with Crippen molar-refractivity contribution in [2.45, 2.75) is 38.1 Å². The largest absolute Gasteiger partial charge is 0.423 e. The first-order valence-corrected chi connectivity index (χ1v) is 7.11. The normalized spacial score (nSPS) is 21.2. The Kier molecular flexibility index (Phi) is 2.98. The van der Waals surface area contributed by atoms with Gasteiger partial charge in [-0.1, -0.05) is 31.4 Å². The maximum absolute atomic E-state index is 5.74. The maximum atomic E-state index is 5.74. The molecule has 3 nitrogen and oxygen atoms in total. The summed E-state index contributed by atoms with van der Waals surface area (Å²) in [6.45, 7) is 0. The molecule has 1 aromatic carbocycles. The minimum absolute atomic E-state index is 0.578. The van der Waals surface area contributed by atoms with Crippen LogP contribution < -0.4 is 14.1 Å². The molecule has 4 heteroatoms. The molecule has 1 aliphatic heterocycles. The minimum Gasteiger partial charge on any atom is -0.423 e. The SMILES string of the molecule is c1ccc2c(c1)OP(NC1CCCCC1)O2. The topological polar surface area (TPSA) is 30.5 Å². The average molecular weight is 237 g/mol. The van der Waals surface area contributed by atoms with Crippen LogP contribution in [0.25, 0.3) is 0 Å². The Morgan fingerprint density at radius 1 is 1.00 bits per heavy atom. The van der Waals surface area contributed by atoms with E-state index in [9.17, 15) is 0 Å². The van der Waals surface area contributed by atoms with Gasteiger partial charge in [-0.05, 0) is 25.0 Å². The lowest BCUT2D eigenvalue weighted by molar-refractivity contribution is 0.402. The molecule has 1 saturated carbocycles. The molecule has 1 fully saturated rings. The first-order chi connectivity index (χ1) is 7.92. The van der Waals surface area contributed by atoms with Crippen LogP contribution in [-0.4, -0.2) is 6.04 Å². The molecule has 1 aliphatic carbocycles. The molecule has 0 spiro atoms. The summed E-state index contributed by atoms with van der Waals surface area (Å²) >= 11 is 0. The van der Waals surface area contributed by atoms with Gasteiger partial charge in [0.1, 0.15) is 0 Å². The molecule has 0 aromatic heterocycles. The van der Waals surface area contributed by atoms with Gasteiger partial charge in [-0.2, -0.15) is 0 Å². The summed E-state index contributed by atoms with van der Waals surface area (Å²) in [4.78, 5) is 0. The van der Waals surface area contributed by atoms with E-state index >= 15 is 0 Å². The lowest BCUT2D eigenvalue weighted by Gasteiger charge is -2.23. The fourth-order valence-electron chi connectivity index (χ4n) is 2.23. The van der Waals surface area contributed by atoms with E-state index in [4.69, 9.17) is 9.05 Å². The van der Waals surface area contributed by atoms with Gasteiger partial charge in [-0.25, -0.2) is 5.09 Å². The molecular weight excluding hydrogens is 221 g/mol. The van der Waals surface area contributed by atoms with Crippen molar-refractivity contribution < 1.29 is 9.05 Å². The van der Waals surface area contributed by atoms with Crippen molar-refractivity contribution in [3.05, 3.63) is 24.3 Å². The van der Waals surface area contributed by atoms with E-state index in [1.54, 1.807) is 0 Å². The van der Waals surface area contributed by atoms with Crippen molar-refractivity contribution >= 4 is 8.53 Å². The van der Waals surface area contributed by atoms with E-state index < -0.39 is 8.53 Å². The summed E-state index contributed by atoms with van der Waals surface area (Å²) in [6, 6.07) is 8.44. The quantitative estimate of drug-likeness (QED) is 0.797. The zero-order valence-corrected chi connectivity index (χ0v) is 10.1. The third kappa shape index (κ3) is 2.16. The van der Waals surface area contributed by atoms with Crippen LogP contribution in [0.5, 0.6) is 11.5 Å². The summed E-state index contributed by atoms with van der Waals surface area (Å²) in [7, 11) is -0.945. The summed E-state index contributed by atoms with van der Waals surface area (Å²) in [5.41, 5.74) is 0. The zero-order chi connectivity index (χ0) is 10.8. The van der Waals surface area contributed by atoms with E-state index in [0.717, 1.165) is 11.5 Å². The highest BCUT2D eigenvalue weighted by atomic mass is 31.2. The van der Waals surface area contributed by atoms with Crippen molar-refractivity contribution in [1.29, 1.82) is 0 Å². The maximum Gasteiger partial charge on any atom is 0.382 e. The molecule has 1 heterocycles. The Labute approximate surface area is 97.1 Å². The lowest BCUT2D eigenvalue weighted by atomic mass is 9.96. The number of fused-ring (bicyclic) bond motifs is 1. The molecule has 0 saturated heterocycles. The van der Waals surface area contributed by atoms with Gasteiger partial charge in [-0.15, -0.1) is 0 Å². The Bertz CT molecular complexity index is 341. The number of benzene rings is 1. The molecule has 0 amide bonds. The number of nitrogens with one attached hydrogen (secondary N) is 1. The van der Waals surface area contributed by atoms with Crippen LogP contribution >= 0.6 is 8.53 Å². The van der Waals surface area contributed by atoms with Gasteiger partial charge in [0.25, 0.3) is 0 Å². The van der Waals surface area contributed by atoms with Crippen LogP contribution in [0.15, 0.2) is 24.3 Å². The molecule has 0 unspecified atom stereocenters. The van der Waals surface area contributed by atoms with Crippen molar-refractivity contribution in [3.63, 3.8) is 0 Å². The van der Waals surface area contributed by atoms with E-state index in [2.05, 4.69) is 5.09 Å². The highest BCUT2D eigenvalue weighted by Gasteiger charge is 2.28. The summed E-state index contributed by atoms with van der Waals surface area (Å²) in [5.74, 6) is 1.74. The van der Waals surface area contributed by atoms with Gasteiger partial charge >= 0.3 is 8.53 Å². The molecule has 0 bridgehead atoms. The van der Waals surface area contributed by atoms with E-state index in [0.29, 0.717) is 6.04 Å². The summed E-state index contributed by atoms with van der Waals surface area (Å²) in [5, 5.41) is 3.49. The first kappa shape index (κ1) is 10.4. The van der Waals surface area contributed by atoms with Crippen molar-refractivity contribution in [2.75, 3.05) is 0 Å². The Morgan fingerprint density at radius 2 is 1.62 bits per heavy atom. The van der Waals surface area contributed by atoms with Gasteiger partial charge in [-0.3, -0.25) is 0 Å². The molecule has 3 rings (SSSR count). The number of hydrogen-bond acceptors (Lipinski definition) is 3. The number of para-hydroxylation sites is 2. The molecule has 1 N–H and O–H groups in total.